The van der Waals surface area contributed by atoms with Gasteiger partial charge < -0.3 is 4.74 Å². The molecule has 0 aromatic heterocycles. The number of carbonyl (C=O) groups is 2. The molecular weight excluding hydrogens is 374 g/mol. The van der Waals surface area contributed by atoms with Crippen molar-refractivity contribution in [3.05, 3.63) is 59.3 Å². The molecule has 4 nitrogen and oxygen atoms in total. The zero-order chi connectivity index (χ0) is 21.6. The molecule has 1 aliphatic heterocycles. The number of hydrogen-bond acceptors (Lipinski definition) is 4. The Labute approximate surface area is 178 Å². The highest BCUT2D eigenvalue weighted by Gasteiger charge is 2.46. The van der Waals surface area contributed by atoms with Crippen LogP contribution in [0.5, 0.6) is 0 Å². The van der Waals surface area contributed by atoms with Crippen LogP contribution in [0.4, 0.5) is 0 Å². The van der Waals surface area contributed by atoms with Crippen molar-refractivity contribution in [1.82, 2.24) is 0 Å². The molecule has 0 bridgehead atoms. The molecule has 0 spiro atoms. The molecule has 156 valence electrons. The van der Waals surface area contributed by atoms with Crippen molar-refractivity contribution in [3.63, 3.8) is 0 Å². The molecule has 0 saturated heterocycles. The molecule has 2 aliphatic rings. The summed E-state index contributed by atoms with van der Waals surface area (Å²) >= 11 is 0. The second-order valence-electron chi connectivity index (χ2n) is 9.56. The van der Waals surface area contributed by atoms with Crippen LogP contribution in [0.25, 0.3) is 10.8 Å². The van der Waals surface area contributed by atoms with Gasteiger partial charge in [0.1, 0.15) is 5.92 Å². The monoisotopic (exact) mass is 403 g/mol. The summed E-state index contributed by atoms with van der Waals surface area (Å²) in [7, 11) is 0. The number of aliphatic imine (C=N–C) groups is 1. The Bertz CT molecular complexity index is 1090. The fourth-order valence-electron chi connectivity index (χ4n) is 4.91. The van der Waals surface area contributed by atoms with Gasteiger partial charge in [-0.3, -0.25) is 14.6 Å². The number of allylic oxidation sites excluding steroid dienone is 2. The topological polar surface area (TPSA) is 55.7 Å². The summed E-state index contributed by atoms with van der Waals surface area (Å²) in [5, 5.41) is 2.16. The molecule has 0 amide bonds. The quantitative estimate of drug-likeness (QED) is 0.626. The lowest BCUT2D eigenvalue weighted by Gasteiger charge is -2.39. The van der Waals surface area contributed by atoms with Crippen LogP contribution in [0.2, 0.25) is 0 Å². The molecule has 0 fully saturated rings. The van der Waals surface area contributed by atoms with Gasteiger partial charge in [-0.05, 0) is 48.9 Å². The van der Waals surface area contributed by atoms with Crippen molar-refractivity contribution >= 4 is 28.2 Å². The smallest absolute Gasteiger partial charge is 0.315 e. The Kier molecular flexibility index (Phi) is 5.13. The molecule has 2 atom stereocenters. The van der Waals surface area contributed by atoms with Gasteiger partial charge in [-0.15, -0.1) is 0 Å². The molecule has 4 rings (SSSR count). The summed E-state index contributed by atoms with van der Waals surface area (Å²) in [6.07, 6.45) is 0.974. The van der Waals surface area contributed by atoms with Gasteiger partial charge in [0.2, 0.25) is 0 Å². The highest BCUT2D eigenvalue weighted by molar-refractivity contribution is 6.10. The lowest BCUT2D eigenvalue weighted by atomic mass is 9.66. The summed E-state index contributed by atoms with van der Waals surface area (Å²) in [5.74, 6) is -1.19. The van der Waals surface area contributed by atoms with Crippen LogP contribution in [0.1, 0.15) is 58.9 Å². The van der Waals surface area contributed by atoms with Crippen molar-refractivity contribution in [2.45, 2.75) is 59.5 Å². The third-order valence-corrected chi connectivity index (χ3v) is 6.07. The minimum absolute atomic E-state index is 0.0952. The van der Waals surface area contributed by atoms with Gasteiger partial charge in [0.25, 0.3) is 0 Å². The number of rotatable bonds is 3. The van der Waals surface area contributed by atoms with E-state index in [2.05, 4.69) is 32.0 Å². The number of benzene rings is 2. The summed E-state index contributed by atoms with van der Waals surface area (Å²) in [5.41, 5.74) is 3.12. The Hall–Kier alpha value is -2.75. The van der Waals surface area contributed by atoms with E-state index in [0.717, 1.165) is 34.2 Å². The lowest BCUT2D eigenvalue weighted by Crippen LogP contribution is -2.40. The van der Waals surface area contributed by atoms with Gasteiger partial charge in [0.05, 0.1) is 6.10 Å². The maximum absolute atomic E-state index is 13.4. The summed E-state index contributed by atoms with van der Waals surface area (Å²) in [6, 6.07) is 14.2. The average molecular weight is 404 g/mol. The molecule has 0 saturated carbocycles. The molecule has 1 unspecified atom stereocenters. The van der Waals surface area contributed by atoms with Gasteiger partial charge >= 0.3 is 5.97 Å². The molecule has 2 aromatic carbocycles. The van der Waals surface area contributed by atoms with Crippen LogP contribution < -0.4 is 0 Å². The number of fused-ring (bicyclic) bond motifs is 1. The Balaban J connectivity index is 1.95. The van der Waals surface area contributed by atoms with Crippen molar-refractivity contribution in [2.24, 2.45) is 16.3 Å². The maximum atomic E-state index is 13.4. The first-order chi connectivity index (χ1) is 14.2. The standard InChI is InChI=1S/C26H29NO3/c1-15(2)30-25(29)22-16(3)27-20-13-26(4,5)14-21(28)24(20)23(22)19-12-8-10-17-9-6-7-11-18(17)19/h6-12,15,22-23H,13-14H2,1-5H3/t22?,23-/m1/s1. The van der Waals surface area contributed by atoms with Crippen LogP contribution in [0.15, 0.2) is 58.7 Å². The van der Waals surface area contributed by atoms with E-state index in [-0.39, 0.29) is 29.2 Å². The largest absolute Gasteiger partial charge is 0.462 e. The molecular formula is C26H29NO3. The lowest BCUT2D eigenvalue weighted by molar-refractivity contribution is -0.150. The number of esters is 1. The Morgan fingerprint density at radius 3 is 2.53 bits per heavy atom. The molecule has 0 N–H and O–H groups in total. The fourth-order valence-corrected chi connectivity index (χ4v) is 4.91. The molecule has 2 aromatic rings. The summed E-state index contributed by atoms with van der Waals surface area (Å²) in [4.78, 5) is 31.4. The number of carbonyl (C=O) groups excluding carboxylic acids is 2. The van der Waals surface area contributed by atoms with E-state index < -0.39 is 5.92 Å². The first kappa shape index (κ1) is 20.5. The van der Waals surface area contributed by atoms with E-state index in [1.807, 2.05) is 45.0 Å². The van der Waals surface area contributed by atoms with Gasteiger partial charge in [0.15, 0.2) is 5.78 Å². The molecule has 30 heavy (non-hydrogen) atoms. The number of hydrogen-bond donors (Lipinski definition) is 0. The zero-order valence-corrected chi connectivity index (χ0v) is 18.4. The van der Waals surface area contributed by atoms with E-state index >= 15 is 0 Å². The predicted octanol–water partition coefficient (Wildman–Crippen LogP) is 5.61. The molecule has 1 aliphatic carbocycles. The van der Waals surface area contributed by atoms with Gasteiger partial charge in [0, 0.05) is 29.3 Å². The normalized spacial score (nSPS) is 23.4. The molecule has 1 heterocycles. The van der Waals surface area contributed by atoms with Crippen molar-refractivity contribution in [2.75, 3.05) is 0 Å². The average Bonchev–Trinajstić information content (AvgIpc) is 2.64. The van der Waals surface area contributed by atoms with Crippen LogP contribution >= 0.6 is 0 Å². The zero-order valence-electron chi connectivity index (χ0n) is 18.4. The second kappa shape index (κ2) is 7.50. The second-order valence-corrected chi connectivity index (χ2v) is 9.56. The summed E-state index contributed by atoms with van der Waals surface area (Å²) < 4.78 is 5.63. The van der Waals surface area contributed by atoms with Crippen LogP contribution in [0, 0.1) is 11.3 Å². The number of nitrogens with zero attached hydrogens (tertiary/aromatic N) is 1. The van der Waals surface area contributed by atoms with Crippen molar-refractivity contribution in [3.8, 4) is 0 Å². The number of ether oxygens (including phenoxy) is 1. The van der Waals surface area contributed by atoms with Crippen molar-refractivity contribution < 1.29 is 14.3 Å². The van der Waals surface area contributed by atoms with E-state index in [1.54, 1.807) is 0 Å². The Morgan fingerprint density at radius 1 is 1.10 bits per heavy atom. The number of ketones is 1. The van der Waals surface area contributed by atoms with Gasteiger partial charge in [-0.2, -0.15) is 0 Å². The minimum Gasteiger partial charge on any atom is -0.462 e. The van der Waals surface area contributed by atoms with Crippen LogP contribution in [-0.4, -0.2) is 23.6 Å². The van der Waals surface area contributed by atoms with Crippen LogP contribution in [0.3, 0.4) is 0 Å². The van der Waals surface area contributed by atoms with Crippen molar-refractivity contribution in [1.29, 1.82) is 0 Å². The summed E-state index contributed by atoms with van der Waals surface area (Å²) in [6.45, 7) is 9.79. The first-order valence-corrected chi connectivity index (χ1v) is 10.7. The molecule has 0 radical (unpaired) electrons. The third kappa shape index (κ3) is 3.60. The van der Waals surface area contributed by atoms with E-state index in [4.69, 9.17) is 9.73 Å². The van der Waals surface area contributed by atoms with Gasteiger partial charge in [-0.25, -0.2) is 0 Å². The molecule has 4 heteroatoms. The van der Waals surface area contributed by atoms with E-state index in [1.165, 1.54) is 0 Å². The fraction of sp³-hybridized carbons (Fsp3) is 0.423. The third-order valence-electron chi connectivity index (χ3n) is 6.07. The van der Waals surface area contributed by atoms with Gasteiger partial charge in [-0.1, -0.05) is 56.3 Å². The maximum Gasteiger partial charge on any atom is 0.315 e. The highest BCUT2D eigenvalue weighted by atomic mass is 16.5. The highest BCUT2D eigenvalue weighted by Crippen LogP contribution is 2.49. The SMILES string of the molecule is CC1=NC2=C(C(=O)CC(C)(C)C2)[C@H](c2cccc3ccccc23)C1C(=O)OC(C)C. The van der Waals surface area contributed by atoms with E-state index in [9.17, 15) is 9.59 Å². The number of Topliss-reactive ketones (excluding diaryl/α,β-unsaturated/α-hetero) is 1. The van der Waals surface area contributed by atoms with E-state index in [0.29, 0.717) is 12.0 Å². The predicted molar refractivity (Wildman–Crippen MR) is 120 cm³/mol. The van der Waals surface area contributed by atoms with Crippen LogP contribution in [-0.2, 0) is 14.3 Å². The first-order valence-electron chi connectivity index (χ1n) is 10.7. The Morgan fingerprint density at radius 2 is 1.80 bits per heavy atom. The minimum atomic E-state index is -0.595.